The summed E-state index contributed by atoms with van der Waals surface area (Å²) in [5, 5.41) is 6.68. The number of thioether (sulfide) groups is 1. The molecule has 236 valence electrons. The molecule has 1 aliphatic rings. The van der Waals surface area contributed by atoms with Crippen LogP contribution in [0.5, 0.6) is 23.0 Å². The van der Waals surface area contributed by atoms with Gasteiger partial charge in [0.2, 0.25) is 12.7 Å². The maximum Gasteiger partial charge on any atom is 0.262 e. The first-order chi connectivity index (χ1) is 21.8. The van der Waals surface area contributed by atoms with E-state index in [0.29, 0.717) is 57.6 Å². The highest BCUT2D eigenvalue weighted by molar-refractivity contribution is 7.99. The van der Waals surface area contributed by atoms with Crippen molar-refractivity contribution in [1.82, 2.24) is 20.2 Å². The van der Waals surface area contributed by atoms with Crippen molar-refractivity contribution < 1.29 is 28.5 Å². The van der Waals surface area contributed by atoms with E-state index in [9.17, 15) is 14.4 Å². The third kappa shape index (κ3) is 7.51. The Balaban J connectivity index is 1.30. The van der Waals surface area contributed by atoms with Gasteiger partial charge in [-0.1, -0.05) is 36.9 Å². The van der Waals surface area contributed by atoms with Crippen molar-refractivity contribution in [3.63, 3.8) is 0 Å². The third-order valence-corrected chi connectivity index (χ3v) is 8.45. The van der Waals surface area contributed by atoms with E-state index in [-0.39, 0.29) is 42.5 Å². The largest absolute Gasteiger partial charge is 0.493 e. The number of carbonyl (C=O) groups excluding carboxylic acids is 2. The zero-order valence-electron chi connectivity index (χ0n) is 25.7. The maximum absolute atomic E-state index is 13.7. The van der Waals surface area contributed by atoms with E-state index in [4.69, 9.17) is 23.9 Å². The molecule has 0 bridgehead atoms. The Bertz CT molecular complexity index is 1760. The number of benzene rings is 3. The number of carbonyl (C=O) groups is 2. The second kappa shape index (κ2) is 14.4. The van der Waals surface area contributed by atoms with E-state index in [1.807, 2.05) is 44.2 Å². The predicted octanol–water partition coefficient (Wildman–Crippen LogP) is 4.17. The van der Waals surface area contributed by atoms with E-state index in [2.05, 4.69) is 10.6 Å². The average Bonchev–Trinajstić information content (AvgIpc) is 3.52. The molecule has 0 unspecified atom stereocenters. The monoisotopic (exact) mass is 632 g/mol. The molecule has 2 N–H and O–H groups in total. The summed E-state index contributed by atoms with van der Waals surface area (Å²) in [6.45, 7) is 4.66. The highest BCUT2D eigenvalue weighted by atomic mass is 32.2. The lowest BCUT2D eigenvalue weighted by Crippen LogP contribution is -2.33. The topological polar surface area (TPSA) is 130 Å². The van der Waals surface area contributed by atoms with Crippen LogP contribution in [0.1, 0.15) is 41.8 Å². The van der Waals surface area contributed by atoms with Gasteiger partial charge in [-0.25, -0.2) is 4.98 Å². The van der Waals surface area contributed by atoms with E-state index in [0.717, 1.165) is 17.5 Å². The molecule has 2 amide bonds. The van der Waals surface area contributed by atoms with Gasteiger partial charge in [-0.15, -0.1) is 0 Å². The number of ether oxygens (including phenoxy) is 4. The quantitative estimate of drug-likeness (QED) is 0.165. The molecule has 5 rings (SSSR count). The summed E-state index contributed by atoms with van der Waals surface area (Å²) in [5.74, 6) is 2.07. The Morgan fingerprint density at radius 2 is 1.71 bits per heavy atom. The number of amides is 2. The van der Waals surface area contributed by atoms with E-state index in [1.165, 1.54) is 11.8 Å². The molecule has 45 heavy (non-hydrogen) atoms. The van der Waals surface area contributed by atoms with Crippen LogP contribution in [0.4, 0.5) is 0 Å². The molecule has 4 aromatic rings. The zero-order chi connectivity index (χ0) is 31.9. The Labute approximate surface area is 265 Å². The minimum atomic E-state index is -0.264. The lowest BCUT2D eigenvalue weighted by Gasteiger charge is -2.15. The lowest BCUT2D eigenvalue weighted by molar-refractivity contribution is -0.119. The van der Waals surface area contributed by atoms with Crippen LogP contribution in [0.2, 0.25) is 0 Å². The Kier molecular flexibility index (Phi) is 10.1. The second-order valence-electron chi connectivity index (χ2n) is 10.6. The summed E-state index contributed by atoms with van der Waals surface area (Å²) >= 11 is 1.20. The van der Waals surface area contributed by atoms with Crippen molar-refractivity contribution in [2.75, 3.05) is 33.3 Å². The van der Waals surface area contributed by atoms with Crippen molar-refractivity contribution in [2.24, 2.45) is 0 Å². The van der Waals surface area contributed by atoms with Crippen molar-refractivity contribution in [3.05, 3.63) is 81.6 Å². The summed E-state index contributed by atoms with van der Waals surface area (Å²) < 4.78 is 23.1. The Hall–Kier alpha value is -4.71. The number of fused-ring (bicyclic) bond motifs is 2. The van der Waals surface area contributed by atoms with Gasteiger partial charge in [0.25, 0.3) is 11.5 Å². The Morgan fingerprint density at radius 3 is 2.42 bits per heavy atom. The molecule has 1 aromatic heterocycles. The summed E-state index contributed by atoms with van der Waals surface area (Å²) in [6, 6.07) is 16.1. The number of nitrogens with one attached hydrogen (secondary N) is 2. The van der Waals surface area contributed by atoms with Gasteiger partial charge in [0, 0.05) is 24.2 Å². The second-order valence-corrected chi connectivity index (χ2v) is 11.5. The normalized spacial score (nSPS) is 12.5. The first-order valence-corrected chi connectivity index (χ1v) is 15.6. The maximum atomic E-state index is 13.7. The number of hydrogen-bond donors (Lipinski definition) is 2. The van der Waals surface area contributed by atoms with E-state index in [1.54, 1.807) is 43.1 Å². The molecule has 0 fully saturated rings. The van der Waals surface area contributed by atoms with Crippen LogP contribution < -0.4 is 35.1 Å². The first-order valence-electron chi connectivity index (χ1n) is 14.6. The highest BCUT2D eigenvalue weighted by Crippen LogP contribution is 2.35. The Morgan fingerprint density at radius 1 is 1.00 bits per heavy atom. The fourth-order valence-corrected chi connectivity index (χ4v) is 5.60. The molecule has 1 aliphatic heterocycles. The summed E-state index contributed by atoms with van der Waals surface area (Å²) in [6.07, 6.45) is 1.44. The van der Waals surface area contributed by atoms with Gasteiger partial charge in [0.15, 0.2) is 28.2 Å². The van der Waals surface area contributed by atoms with E-state index < -0.39 is 0 Å². The molecule has 11 nitrogen and oxygen atoms in total. The number of rotatable bonds is 13. The third-order valence-electron chi connectivity index (χ3n) is 7.47. The number of aromatic nitrogens is 2. The molecular weight excluding hydrogens is 596 g/mol. The van der Waals surface area contributed by atoms with Crippen LogP contribution in [-0.4, -0.2) is 60.7 Å². The zero-order valence-corrected chi connectivity index (χ0v) is 26.5. The van der Waals surface area contributed by atoms with Gasteiger partial charge < -0.3 is 29.6 Å². The minimum Gasteiger partial charge on any atom is -0.493 e. The molecule has 2 heterocycles. The minimum absolute atomic E-state index is 0.0475. The van der Waals surface area contributed by atoms with Gasteiger partial charge >= 0.3 is 0 Å². The first kappa shape index (κ1) is 31.7. The van der Waals surface area contributed by atoms with Gasteiger partial charge in [0.1, 0.15) is 0 Å². The summed E-state index contributed by atoms with van der Waals surface area (Å²) in [5.41, 5.74) is 2.50. The number of nitrogens with zero attached hydrogens (tertiary/aromatic N) is 2. The fraction of sp³-hybridized carbons (Fsp3) is 0.333. The van der Waals surface area contributed by atoms with E-state index >= 15 is 0 Å². The SMILES string of the molecule is CC[C@@H](C)NC(=O)CSc1nc2cc3c(cc2c(=O)n1Cc1ccc(C(=O)NCCc2ccc(OC)c(OC)c2)cc1)OCO3. The molecule has 1 atom stereocenters. The van der Waals surface area contributed by atoms with Crippen molar-refractivity contribution in [3.8, 4) is 23.0 Å². The standard InChI is InChI=1S/C33H36N4O7S/c1-5-20(2)35-30(38)18-45-33-36-25-16-29-28(43-19-44-29)15-24(25)32(40)37(33)17-22-6-9-23(10-7-22)31(39)34-13-12-21-8-11-26(41-3)27(14-21)42-4/h6-11,14-16,20H,5,12-13,17-19H2,1-4H3,(H,34,39)(H,35,38)/t20-/m1/s1. The lowest BCUT2D eigenvalue weighted by atomic mass is 10.1. The highest BCUT2D eigenvalue weighted by Gasteiger charge is 2.20. The molecule has 0 saturated carbocycles. The number of hydrogen-bond acceptors (Lipinski definition) is 9. The average molecular weight is 633 g/mol. The van der Waals surface area contributed by atoms with Gasteiger partial charge in [-0.2, -0.15) is 0 Å². The molecule has 0 aliphatic carbocycles. The van der Waals surface area contributed by atoms with Gasteiger partial charge in [-0.05, 0) is 61.2 Å². The van der Waals surface area contributed by atoms with Crippen LogP contribution in [0.25, 0.3) is 10.9 Å². The van der Waals surface area contributed by atoms with Crippen molar-refractivity contribution in [1.29, 1.82) is 0 Å². The summed E-state index contributed by atoms with van der Waals surface area (Å²) in [7, 11) is 3.17. The number of methoxy groups -OCH3 is 2. The molecule has 0 saturated heterocycles. The van der Waals surface area contributed by atoms with Crippen LogP contribution in [0, 0.1) is 0 Å². The fourth-order valence-electron chi connectivity index (χ4n) is 4.79. The molecule has 12 heteroatoms. The summed E-state index contributed by atoms with van der Waals surface area (Å²) in [4.78, 5) is 43.9. The molecule has 0 radical (unpaired) electrons. The molecular formula is C33H36N4O7S. The van der Waals surface area contributed by atoms with Crippen LogP contribution in [0.3, 0.4) is 0 Å². The molecule has 3 aromatic carbocycles. The molecule has 0 spiro atoms. The van der Waals surface area contributed by atoms with Crippen LogP contribution in [-0.2, 0) is 17.8 Å². The van der Waals surface area contributed by atoms with Crippen molar-refractivity contribution in [2.45, 2.75) is 44.4 Å². The van der Waals surface area contributed by atoms with Crippen molar-refractivity contribution >= 4 is 34.5 Å². The predicted molar refractivity (Wildman–Crippen MR) is 172 cm³/mol. The van der Waals surface area contributed by atoms with Crippen LogP contribution >= 0.6 is 11.8 Å². The van der Waals surface area contributed by atoms with Gasteiger partial charge in [0.05, 0.1) is 37.4 Å². The van der Waals surface area contributed by atoms with Gasteiger partial charge in [-0.3, -0.25) is 19.0 Å². The van der Waals surface area contributed by atoms with Crippen LogP contribution in [0.15, 0.2) is 64.5 Å². The smallest absolute Gasteiger partial charge is 0.262 e.